The van der Waals surface area contributed by atoms with E-state index >= 15 is 0 Å². The van der Waals surface area contributed by atoms with Gasteiger partial charge in [-0.1, -0.05) is 63.6 Å². The van der Waals surface area contributed by atoms with Gasteiger partial charge in [-0.25, -0.2) is 0 Å². The van der Waals surface area contributed by atoms with Gasteiger partial charge in [0, 0.05) is 0 Å². The molecule has 0 aliphatic rings. The average molecular weight is 284 g/mol. The number of unbranched alkanes of at least 4 members (excludes halogenated alkanes) is 6. The van der Waals surface area contributed by atoms with Gasteiger partial charge in [0.2, 0.25) is 0 Å². The van der Waals surface area contributed by atoms with Gasteiger partial charge in [-0.05, 0) is 24.5 Å². The monoisotopic (exact) mass is 284 g/mol. The molecule has 0 saturated carbocycles. The van der Waals surface area contributed by atoms with Crippen LogP contribution in [0.1, 0.15) is 57.4 Å². The highest BCUT2D eigenvalue weighted by atomic mass is 31.2. The summed E-state index contributed by atoms with van der Waals surface area (Å²) in [4.78, 5) is 18.6. The molecule has 108 valence electrons. The summed E-state index contributed by atoms with van der Waals surface area (Å²) >= 11 is 0. The Bertz CT molecular complexity index is 412. The van der Waals surface area contributed by atoms with Crippen molar-refractivity contribution >= 4 is 12.9 Å². The SMILES string of the molecule is CCCCCCCCCc1ccccc1P(=O)(O)O. The summed E-state index contributed by atoms with van der Waals surface area (Å²) in [6.07, 6.45) is 9.26. The van der Waals surface area contributed by atoms with Gasteiger partial charge in [0.1, 0.15) is 0 Å². The topological polar surface area (TPSA) is 57.5 Å². The van der Waals surface area contributed by atoms with E-state index in [1.165, 1.54) is 38.2 Å². The molecule has 0 amide bonds. The summed E-state index contributed by atoms with van der Waals surface area (Å²) in [5.74, 6) is 0. The van der Waals surface area contributed by atoms with Crippen LogP contribution in [0, 0.1) is 0 Å². The molecule has 19 heavy (non-hydrogen) atoms. The van der Waals surface area contributed by atoms with E-state index in [4.69, 9.17) is 0 Å². The summed E-state index contributed by atoms with van der Waals surface area (Å²) in [7, 11) is -4.13. The van der Waals surface area contributed by atoms with Crippen molar-refractivity contribution in [3.05, 3.63) is 29.8 Å². The third-order valence-electron chi connectivity index (χ3n) is 3.36. The lowest BCUT2D eigenvalue weighted by Gasteiger charge is -2.10. The molecule has 0 heterocycles. The quantitative estimate of drug-likeness (QED) is 0.536. The van der Waals surface area contributed by atoms with Crippen LogP contribution in [0.4, 0.5) is 0 Å². The van der Waals surface area contributed by atoms with E-state index in [0.717, 1.165) is 24.8 Å². The fraction of sp³-hybridized carbons (Fsp3) is 0.600. The molecule has 2 N–H and O–H groups in total. The van der Waals surface area contributed by atoms with Crippen LogP contribution in [0.15, 0.2) is 24.3 Å². The summed E-state index contributed by atoms with van der Waals surface area (Å²) in [6, 6.07) is 6.89. The zero-order valence-electron chi connectivity index (χ0n) is 11.7. The molecule has 0 unspecified atom stereocenters. The minimum absolute atomic E-state index is 0.195. The number of hydrogen-bond acceptors (Lipinski definition) is 1. The van der Waals surface area contributed by atoms with Crippen LogP contribution in [0.3, 0.4) is 0 Å². The summed E-state index contributed by atoms with van der Waals surface area (Å²) < 4.78 is 11.4. The van der Waals surface area contributed by atoms with E-state index in [2.05, 4.69) is 6.92 Å². The second kappa shape index (κ2) is 8.52. The first kappa shape index (κ1) is 16.4. The second-order valence-electron chi connectivity index (χ2n) is 5.04. The predicted octanol–water partition coefficient (Wildman–Crippen LogP) is 3.78. The second-order valence-corrected chi connectivity index (χ2v) is 6.61. The smallest absolute Gasteiger partial charge is 0.321 e. The Hall–Kier alpha value is -0.630. The van der Waals surface area contributed by atoms with E-state index < -0.39 is 7.60 Å². The highest BCUT2D eigenvalue weighted by Gasteiger charge is 2.20. The van der Waals surface area contributed by atoms with Gasteiger partial charge in [-0.3, -0.25) is 4.57 Å². The van der Waals surface area contributed by atoms with Crippen molar-refractivity contribution in [1.29, 1.82) is 0 Å². The number of aryl methyl sites for hydroxylation is 1. The molecule has 0 saturated heterocycles. The number of benzene rings is 1. The zero-order chi connectivity index (χ0) is 14.1. The molecule has 1 aromatic rings. The Labute approximate surface area is 116 Å². The van der Waals surface area contributed by atoms with Crippen molar-refractivity contribution in [2.45, 2.75) is 58.3 Å². The van der Waals surface area contributed by atoms with Crippen LogP contribution in [0.25, 0.3) is 0 Å². The molecule has 0 radical (unpaired) electrons. The van der Waals surface area contributed by atoms with Gasteiger partial charge in [-0.15, -0.1) is 0 Å². The molecular formula is C15H25O3P. The molecule has 0 aliphatic heterocycles. The lowest BCUT2D eigenvalue weighted by molar-refractivity contribution is 0.387. The first-order valence-electron chi connectivity index (χ1n) is 7.19. The molecule has 0 fully saturated rings. The van der Waals surface area contributed by atoms with Crippen molar-refractivity contribution in [1.82, 2.24) is 0 Å². The number of hydrogen-bond donors (Lipinski definition) is 2. The van der Waals surface area contributed by atoms with Crippen LogP contribution in [-0.2, 0) is 11.0 Å². The predicted molar refractivity (Wildman–Crippen MR) is 79.8 cm³/mol. The molecule has 1 rings (SSSR count). The Kier molecular flexibility index (Phi) is 7.37. The highest BCUT2D eigenvalue weighted by molar-refractivity contribution is 7.60. The summed E-state index contributed by atoms with van der Waals surface area (Å²) in [5.41, 5.74) is 0.796. The molecule has 1 aromatic carbocycles. The Morgan fingerprint density at radius 1 is 0.947 bits per heavy atom. The van der Waals surface area contributed by atoms with E-state index in [0.29, 0.717) is 0 Å². The molecule has 3 nitrogen and oxygen atoms in total. The van der Waals surface area contributed by atoms with Crippen molar-refractivity contribution in [2.75, 3.05) is 0 Å². The Balaban J connectivity index is 2.36. The zero-order valence-corrected chi connectivity index (χ0v) is 12.6. The van der Waals surface area contributed by atoms with E-state index in [-0.39, 0.29) is 5.30 Å². The first-order valence-corrected chi connectivity index (χ1v) is 8.81. The third kappa shape index (κ3) is 6.38. The van der Waals surface area contributed by atoms with Crippen LogP contribution < -0.4 is 5.30 Å². The summed E-state index contributed by atoms with van der Waals surface area (Å²) in [5, 5.41) is 0.195. The lowest BCUT2D eigenvalue weighted by Crippen LogP contribution is -2.10. The molecule has 0 atom stereocenters. The van der Waals surface area contributed by atoms with Crippen molar-refractivity contribution in [3.8, 4) is 0 Å². The van der Waals surface area contributed by atoms with Gasteiger partial charge in [0.05, 0.1) is 5.30 Å². The molecule has 0 aromatic heterocycles. The van der Waals surface area contributed by atoms with E-state index in [1.54, 1.807) is 6.07 Å². The third-order valence-corrected chi connectivity index (χ3v) is 4.42. The fourth-order valence-electron chi connectivity index (χ4n) is 2.28. The minimum Gasteiger partial charge on any atom is -0.321 e. The molecule has 0 spiro atoms. The Morgan fingerprint density at radius 2 is 1.53 bits per heavy atom. The highest BCUT2D eigenvalue weighted by Crippen LogP contribution is 2.34. The maximum absolute atomic E-state index is 11.4. The molecular weight excluding hydrogens is 259 g/mol. The van der Waals surface area contributed by atoms with Crippen molar-refractivity contribution in [3.63, 3.8) is 0 Å². The minimum atomic E-state index is -4.13. The van der Waals surface area contributed by atoms with Crippen LogP contribution in [0.2, 0.25) is 0 Å². The maximum atomic E-state index is 11.4. The maximum Gasteiger partial charge on any atom is 0.356 e. The van der Waals surface area contributed by atoms with Gasteiger partial charge in [0.15, 0.2) is 0 Å². The Morgan fingerprint density at radius 3 is 2.16 bits per heavy atom. The first-order chi connectivity index (χ1) is 9.05. The average Bonchev–Trinajstić information content (AvgIpc) is 2.37. The molecule has 4 heteroatoms. The molecule has 0 bridgehead atoms. The van der Waals surface area contributed by atoms with Gasteiger partial charge in [0.25, 0.3) is 0 Å². The van der Waals surface area contributed by atoms with Gasteiger partial charge >= 0.3 is 7.60 Å². The normalized spacial score (nSPS) is 11.7. The lowest BCUT2D eigenvalue weighted by atomic mass is 10.0. The van der Waals surface area contributed by atoms with Crippen molar-refractivity contribution in [2.24, 2.45) is 0 Å². The van der Waals surface area contributed by atoms with Gasteiger partial charge < -0.3 is 9.79 Å². The summed E-state index contributed by atoms with van der Waals surface area (Å²) in [6.45, 7) is 2.21. The van der Waals surface area contributed by atoms with E-state index in [9.17, 15) is 14.4 Å². The molecule has 0 aliphatic carbocycles. The van der Waals surface area contributed by atoms with E-state index in [1.807, 2.05) is 12.1 Å². The standard InChI is InChI=1S/C15H25O3P/c1-2-3-4-5-6-7-8-11-14-12-9-10-13-15(14)19(16,17)18/h9-10,12-13H,2-8,11H2,1H3,(H2,16,17,18). The fourth-order valence-corrected chi connectivity index (χ4v) is 3.12. The van der Waals surface area contributed by atoms with Gasteiger partial charge in [-0.2, -0.15) is 0 Å². The van der Waals surface area contributed by atoms with Crippen LogP contribution in [-0.4, -0.2) is 9.79 Å². The van der Waals surface area contributed by atoms with Crippen LogP contribution >= 0.6 is 7.60 Å². The van der Waals surface area contributed by atoms with Crippen LogP contribution in [0.5, 0.6) is 0 Å². The largest absolute Gasteiger partial charge is 0.356 e. The number of rotatable bonds is 9. The van der Waals surface area contributed by atoms with Crippen molar-refractivity contribution < 1.29 is 14.4 Å².